The van der Waals surface area contributed by atoms with E-state index in [9.17, 15) is 0 Å². The molecule has 0 fully saturated rings. The van der Waals surface area contributed by atoms with Crippen molar-refractivity contribution in [3.63, 3.8) is 0 Å². The van der Waals surface area contributed by atoms with Crippen LogP contribution in [0.4, 0.5) is 5.13 Å². The van der Waals surface area contributed by atoms with Gasteiger partial charge in [-0.25, -0.2) is 4.98 Å². The molecule has 0 spiro atoms. The summed E-state index contributed by atoms with van der Waals surface area (Å²) in [6, 6.07) is 10.3. The Bertz CT molecular complexity index is 938. The van der Waals surface area contributed by atoms with Crippen LogP contribution < -0.4 is 19.1 Å². The number of hydrogen-bond acceptors (Lipinski definition) is 6. The summed E-state index contributed by atoms with van der Waals surface area (Å²) in [6.07, 6.45) is 0.962. The summed E-state index contributed by atoms with van der Waals surface area (Å²) >= 11 is 1.71. The highest BCUT2D eigenvalue weighted by atomic mass is 32.1. The Morgan fingerprint density at radius 2 is 1.85 bits per heavy atom. The van der Waals surface area contributed by atoms with Crippen LogP contribution in [0.3, 0.4) is 0 Å². The molecule has 4 rings (SSSR count). The van der Waals surface area contributed by atoms with Gasteiger partial charge in [-0.2, -0.15) is 0 Å². The van der Waals surface area contributed by atoms with Crippen molar-refractivity contribution in [2.24, 2.45) is 0 Å². The standard InChI is InChI=1S/C20H22N2O3S/c1-4-25-15-6-5-7-18-19(15)21-20(26-18)22-9-8-13-10-16(23-2)17(24-3)11-14(13)12-22/h5-7,10-11H,4,8-9,12H2,1-3H3. The minimum atomic E-state index is 0.644. The quantitative estimate of drug-likeness (QED) is 0.671. The predicted molar refractivity (Wildman–Crippen MR) is 105 cm³/mol. The maximum Gasteiger partial charge on any atom is 0.186 e. The van der Waals surface area contributed by atoms with Gasteiger partial charge in [0.2, 0.25) is 0 Å². The van der Waals surface area contributed by atoms with E-state index in [0.717, 1.165) is 52.1 Å². The molecule has 0 amide bonds. The monoisotopic (exact) mass is 370 g/mol. The second kappa shape index (κ2) is 7.03. The fourth-order valence-electron chi connectivity index (χ4n) is 3.37. The van der Waals surface area contributed by atoms with Crippen molar-refractivity contribution in [2.75, 3.05) is 32.3 Å². The maximum absolute atomic E-state index is 5.73. The lowest BCUT2D eigenvalue weighted by Crippen LogP contribution is -2.30. The number of fused-ring (bicyclic) bond motifs is 2. The van der Waals surface area contributed by atoms with Crippen molar-refractivity contribution in [2.45, 2.75) is 19.9 Å². The molecule has 1 aliphatic rings. The molecule has 2 heterocycles. The topological polar surface area (TPSA) is 43.8 Å². The van der Waals surface area contributed by atoms with Crippen molar-refractivity contribution >= 4 is 26.7 Å². The van der Waals surface area contributed by atoms with Gasteiger partial charge in [-0.15, -0.1) is 0 Å². The molecular weight excluding hydrogens is 348 g/mol. The zero-order valence-corrected chi connectivity index (χ0v) is 16.1. The third kappa shape index (κ3) is 2.94. The minimum absolute atomic E-state index is 0.644. The minimum Gasteiger partial charge on any atom is -0.493 e. The van der Waals surface area contributed by atoms with E-state index < -0.39 is 0 Å². The molecule has 26 heavy (non-hydrogen) atoms. The SMILES string of the molecule is CCOc1cccc2sc(N3CCc4cc(OC)c(OC)cc4C3)nc12. The van der Waals surface area contributed by atoms with Gasteiger partial charge in [0, 0.05) is 13.1 Å². The molecule has 0 N–H and O–H groups in total. The summed E-state index contributed by atoms with van der Waals surface area (Å²) in [5.74, 6) is 2.42. The van der Waals surface area contributed by atoms with E-state index >= 15 is 0 Å². The summed E-state index contributed by atoms with van der Waals surface area (Å²) < 4.78 is 17.8. The summed E-state index contributed by atoms with van der Waals surface area (Å²) in [4.78, 5) is 7.20. The van der Waals surface area contributed by atoms with Gasteiger partial charge in [0.05, 0.1) is 25.5 Å². The van der Waals surface area contributed by atoms with Crippen LogP contribution >= 0.6 is 11.3 Å². The van der Waals surface area contributed by atoms with Gasteiger partial charge in [0.25, 0.3) is 0 Å². The second-order valence-electron chi connectivity index (χ2n) is 6.18. The van der Waals surface area contributed by atoms with Crippen molar-refractivity contribution < 1.29 is 14.2 Å². The van der Waals surface area contributed by atoms with Crippen LogP contribution in [0.15, 0.2) is 30.3 Å². The molecule has 1 aliphatic heterocycles. The Morgan fingerprint density at radius 1 is 1.08 bits per heavy atom. The number of aromatic nitrogens is 1. The van der Waals surface area contributed by atoms with Gasteiger partial charge in [0.15, 0.2) is 16.6 Å². The molecule has 0 aliphatic carbocycles. The van der Waals surface area contributed by atoms with E-state index in [-0.39, 0.29) is 0 Å². The molecule has 2 aromatic carbocycles. The van der Waals surface area contributed by atoms with Gasteiger partial charge >= 0.3 is 0 Å². The number of anilines is 1. The first-order valence-electron chi connectivity index (χ1n) is 8.74. The Balaban J connectivity index is 1.66. The number of rotatable bonds is 5. The third-order valence-corrected chi connectivity index (χ3v) is 5.74. The Kier molecular flexibility index (Phi) is 4.59. The highest BCUT2D eigenvalue weighted by Crippen LogP contribution is 2.38. The van der Waals surface area contributed by atoms with Crippen molar-refractivity contribution in [3.8, 4) is 17.2 Å². The van der Waals surface area contributed by atoms with E-state index in [4.69, 9.17) is 19.2 Å². The highest BCUT2D eigenvalue weighted by Gasteiger charge is 2.22. The Labute approximate surface area is 157 Å². The van der Waals surface area contributed by atoms with E-state index in [1.54, 1.807) is 25.6 Å². The molecule has 0 bridgehead atoms. The summed E-state index contributed by atoms with van der Waals surface area (Å²) in [5.41, 5.74) is 3.53. The largest absolute Gasteiger partial charge is 0.493 e. The average molecular weight is 370 g/mol. The van der Waals surface area contributed by atoms with Gasteiger partial charge in [-0.3, -0.25) is 0 Å². The molecule has 0 saturated carbocycles. The number of methoxy groups -OCH3 is 2. The lowest BCUT2D eigenvalue weighted by molar-refractivity contribution is 0.344. The first kappa shape index (κ1) is 17.0. The number of ether oxygens (including phenoxy) is 3. The van der Waals surface area contributed by atoms with Crippen LogP contribution in [0.1, 0.15) is 18.1 Å². The lowest BCUT2D eigenvalue weighted by Gasteiger charge is -2.29. The number of para-hydroxylation sites is 1. The van der Waals surface area contributed by atoms with Crippen LogP contribution in [-0.4, -0.2) is 32.4 Å². The number of nitrogens with zero attached hydrogens (tertiary/aromatic N) is 2. The molecule has 0 atom stereocenters. The molecule has 3 aromatic rings. The number of hydrogen-bond donors (Lipinski definition) is 0. The van der Waals surface area contributed by atoms with Gasteiger partial charge < -0.3 is 19.1 Å². The molecule has 5 nitrogen and oxygen atoms in total. The van der Waals surface area contributed by atoms with Crippen LogP contribution in [0.5, 0.6) is 17.2 Å². The first-order valence-corrected chi connectivity index (χ1v) is 9.56. The van der Waals surface area contributed by atoms with E-state index in [0.29, 0.717) is 6.61 Å². The fraction of sp³-hybridized carbons (Fsp3) is 0.350. The molecular formula is C20H22N2O3S. The highest BCUT2D eigenvalue weighted by molar-refractivity contribution is 7.22. The third-order valence-electron chi connectivity index (χ3n) is 4.66. The molecule has 136 valence electrons. The van der Waals surface area contributed by atoms with E-state index in [1.165, 1.54) is 11.1 Å². The van der Waals surface area contributed by atoms with Gasteiger partial charge in [-0.05, 0) is 48.7 Å². The average Bonchev–Trinajstić information content (AvgIpc) is 3.12. The maximum atomic E-state index is 5.73. The van der Waals surface area contributed by atoms with Crippen LogP contribution in [0.2, 0.25) is 0 Å². The summed E-state index contributed by atoms with van der Waals surface area (Å²) in [7, 11) is 3.35. The van der Waals surface area contributed by atoms with E-state index in [1.807, 2.05) is 19.1 Å². The van der Waals surface area contributed by atoms with Crippen LogP contribution in [0, 0.1) is 0 Å². The molecule has 1 aromatic heterocycles. The van der Waals surface area contributed by atoms with Crippen LogP contribution in [-0.2, 0) is 13.0 Å². The summed E-state index contributed by atoms with van der Waals surface area (Å²) in [5, 5.41) is 1.03. The number of benzene rings is 2. The Hall–Kier alpha value is -2.47. The van der Waals surface area contributed by atoms with Crippen molar-refractivity contribution in [1.29, 1.82) is 0 Å². The fourth-order valence-corrected chi connectivity index (χ4v) is 4.37. The normalized spacial score (nSPS) is 13.6. The molecule has 0 unspecified atom stereocenters. The molecule has 0 saturated heterocycles. The Morgan fingerprint density at radius 3 is 2.58 bits per heavy atom. The number of thiazole rings is 1. The van der Waals surface area contributed by atoms with Crippen molar-refractivity contribution in [1.82, 2.24) is 4.98 Å². The lowest BCUT2D eigenvalue weighted by atomic mass is 9.99. The zero-order valence-electron chi connectivity index (χ0n) is 15.2. The van der Waals surface area contributed by atoms with Gasteiger partial charge in [-0.1, -0.05) is 17.4 Å². The van der Waals surface area contributed by atoms with Crippen molar-refractivity contribution in [3.05, 3.63) is 41.5 Å². The summed E-state index contributed by atoms with van der Waals surface area (Å²) in [6.45, 7) is 4.39. The molecule has 6 heteroatoms. The van der Waals surface area contributed by atoms with E-state index in [2.05, 4.69) is 23.1 Å². The second-order valence-corrected chi connectivity index (χ2v) is 7.19. The zero-order chi connectivity index (χ0) is 18.1. The first-order chi connectivity index (χ1) is 12.7. The van der Waals surface area contributed by atoms with Gasteiger partial charge in [0.1, 0.15) is 11.3 Å². The van der Waals surface area contributed by atoms with Crippen LogP contribution in [0.25, 0.3) is 10.2 Å². The smallest absolute Gasteiger partial charge is 0.186 e. The predicted octanol–water partition coefficient (Wildman–Crippen LogP) is 4.27. The molecule has 0 radical (unpaired) electrons.